The van der Waals surface area contributed by atoms with Crippen molar-refractivity contribution in [2.24, 2.45) is 0 Å². The summed E-state index contributed by atoms with van der Waals surface area (Å²) >= 11 is 0. The van der Waals surface area contributed by atoms with E-state index in [0.717, 1.165) is 37.9 Å². The number of H-pyrrole nitrogens is 1. The topological polar surface area (TPSA) is 82.5 Å². The second-order valence-electron chi connectivity index (χ2n) is 5.90. The highest BCUT2D eigenvalue weighted by Gasteiger charge is 2.13. The van der Waals surface area contributed by atoms with E-state index in [9.17, 15) is 14.0 Å². The zero-order chi connectivity index (χ0) is 17.4. The van der Waals surface area contributed by atoms with Gasteiger partial charge in [0.05, 0.1) is 11.4 Å². The molecular weight excluding hydrogens is 325 g/mol. The molecule has 4 rings (SSSR count). The molecule has 1 fully saturated rings. The normalized spacial score (nSPS) is 14.8. The quantitative estimate of drug-likeness (QED) is 0.713. The van der Waals surface area contributed by atoms with Gasteiger partial charge in [0.25, 0.3) is 11.1 Å². The van der Waals surface area contributed by atoms with E-state index in [0.29, 0.717) is 16.9 Å². The molecule has 0 unspecified atom stereocenters. The lowest BCUT2D eigenvalue weighted by Gasteiger charge is -2.29. The minimum absolute atomic E-state index is 0.261. The molecule has 0 atom stereocenters. The molecule has 0 aliphatic carbocycles. The molecule has 1 aliphatic rings. The van der Waals surface area contributed by atoms with Gasteiger partial charge >= 0.3 is 0 Å². The molecule has 0 saturated carbocycles. The van der Waals surface area contributed by atoms with Crippen LogP contribution in [0.3, 0.4) is 0 Å². The smallest absolute Gasteiger partial charge is 0.283 e. The van der Waals surface area contributed by atoms with Crippen molar-refractivity contribution in [3.63, 3.8) is 0 Å². The number of anilines is 1. The van der Waals surface area contributed by atoms with Gasteiger partial charge in [-0.1, -0.05) is 0 Å². The Hall–Kier alpha value is -3.00. The molecule has 3 aromatic rings. The second kappa shape index (κ2) is 6.14. The van der Waals surface area contributed by atoms with Gasteiger partial charge in [-0.2, -0.15) is 0 Å². The number of hydrogen-bond acceptors (Lipinski definition) is 5. The number of piperazine rings is 1. The van der Waals surface area contributed by atoms with E-state index in [-0.39, 0.29) is 5.56 Å². The summed E-state index contributed by atoms with van der Waals surface area (Å²) in [6.45, 7) is 3.56. The first-order valence-electron chi connectivity index (χ1n) is 7.99. The number of aromatic amines is 1. The molecule has 1 saturated heterocycles. The molecule has 2 N–H and O–H groups in total. The van der Waals surface area contributed by atoms with Gasteiger partial charge in [-0.05, 0) is 18.2 Å². The monoisotopic (exact) mass is 341 g/mol. The Bertz CT molecular complexity index is 1050. The van der Waals surface area contributed by atoms with Crippen molar-refractivity contribution >= 4 is 11.3 Å². The molecule has 0 aromatic carbocycles. The van der Waals surface area contributed by atoms with Gasteiger partial charge in [0, 0.05) is 50.2 Å². The number of aromatic nitrogens is 3. The molecular formula is C17H16FN5O2. The van der Waals surface area contributed by atoms with Gasteiger partial charge in [0.2, 0.25) is 0 Å². The van der Waals surface area contributed by atoms with E-state index in [1.807, 2.05) is 6.07 Å². The van der Waals surface area contributed by atoms with Gasteiger partial charge in [0.15, 0.2) is 5.82 Å². The first-order valence-corrected chi connectivity index (χ1v) is 7.99. The number of halogens is 1. The van der Waals surface area contributed by atoms with Crippen LogP contribution in [0.25, 0.3) is 16.9 Å². The first-order chi connectivity index (χ1) is 12.1. The summed E-state index contributed by atoms with van der Waals surface area (Å²) in [7, 11) is 0. The molecule has 0 bridgehead atoms. The van der Waals surface area contributed by atoms with Gasteiger partial charge in [-0.25, -0.2) is 9.37 Å². The lowest BCUT2D eigenvalue weighted by Crippen LogP contribution is -2.43. The van der Waals surface area contributed by atoms with Crippen LogP contribution < -0.4 is 21.3 Å². The van der Waals surface area contributed by atoms with Crippen LogP contribution >= 0.6 is 0 Å². The van der Waals surface area contributed by atoms with Crippen LogP contribution in [0.5, 0.6) is 0 Å². The van der Waals surface area contributed by atoms with Gasteiger partial charge < -0.3 is 15.2 Å². The molecule has 4 heterocycles. The Morgan fingerprint density at radius 3 is 2.68 bits per heavy atom. The molecule has 8 heteroatoms. The van der Waals surface area contributed by atoms with Crippen molar-refractivity contribution in [2.45, 2.75) is 0 Å². The van der Waals surface area contributed by atoms with Crippen molar-refractivity contribution in [1.29, 1.82) is 0 Å². The van der Waals surface area contributed by atoms with E-state index in [1.165, 1.54) is 16.7 Å². The van der Waals surface area contributed by atoms with E-state index in [4.69, 9.17) is 0 Å². The van der Waals surface area contributed by atoms with Crippen molar-refractivity contribution in [1.82, 2.24) is 19.7 Å². The Labute approximate surface area is 141 Å². The molecule has 0 radical (unpaired) electrons. The average molecular weight is 341 g/mol. The van der Waals surface area contributed by atoms with E-state index in [1.54, 1.807) is 12.3 Å². The zero-order valence-electron chi connectivity index (χ0n) is 13.3. The third-order valence-electron chi connectivity index (χ3n) is 4.28. The Balaban J connectivity index is 1.78. The van der Waals surface area contributed by atoms with Gasteiger partial charge in [-0.3, -0.25) is 14.0 Å². The summed E-state index contributed by atoms with van der Waals surface area (Å²) in [4.78, 5) is 32.5. The van der Waals surface area contributed by atoms with Gasteiger partial charge in [-0.15, -0.1) is 0 Å². The SMILES string of the molecule is O=c1[nH]cc(-c2cc(=O)n3cc(N4CCNCC4)ccc3n2)cc1F. The second-order valence-corrected chi connectivity index (χ2v) is 5.90. The number of hydrogen-bond donors (Lipinski definition) is 2. The Kier molecular flexibility index (Phi) is 3.81. The number of nitrogens with zero attached hydrogens (tertiary/aromatic N) is 3. The third kappa shape index (κ3) is 2.91. The predicted molar refractivity (Wildman–Crippen MR) is 92.6 cm³/mol. The van der Waals surface area contributed by atoms with Crippen LogP contribution in [-0.2, 0) is 0 Å². The Morgan fingerprint density at radius 1 is 1.12 bits per heavy atom. The highest BCUT2D eigenvalue weighted by Crippen LogP contribution is 2.18. The van der Waals surface area contributed by atoms with Crippen LogP contribution in [0.4, 0.5) is 10.1 Å². The molecule has 1 aliphatic heterocycles. The van der Waals surface area contributed by atoms with E-state index < -0.39 is 11.4 Å². The summed E-state index contributed by atoms with van der Waals surface area (Å²) in [5.74, 6) is -0.909. The summed E-state index contributed by atoms with van der Waals surface area (Å²) in [5, 5.41) is 3.29. The maximum atomic E-state index is 13.5. The predicted octanol–water partition coefficient (Wildman–Crippen LogP) is 0.599. The van der Waals surface area contributed by atoms with Gasteiger partial charge in [0.1, 0.15) is 5.65 Å². The van der Waals surface area contributed by atoms with Crippen molar-refractivity contribution in [3.05, 3.63) is 63.2 Å². The number of rotatable bonds is 2. The fourth-order valence-electron chi connectivity index (χ4n) is 2.95. The Morgan fingerprint density at radius 2 is 1.92 bits per heavy atom. The fourth-order valence-corrected chi connectivity index (χ4v) is 2.95. The standard InChI is InChI=1S/C17H16FN5O2/c18-13-7-11(9-20-17(13)25)14-8-16(24)23-10-12(1-2-15(23)21-14)22-5-3-19-4-6-22/h1-2,7-10,19H,3-6H2,(H,20,25). The third-order valence-corrected chi connectivity index (χ3v) is 4.28. The highest BCUT2D eigenvalue weighted by molar-refractivity contribution is 5.61. The average Bonchev–Trinajstić information content (AvgIpc) is 2.64. The number of pyridine rings is 2. The fraction of sp³-hybridized carbons (Fsp3) is 0.235. The largest absolute Gasteiger partial charge is 0.368 e. The van der Waals surface area contributed by atoms with Crippen LogP contribution in [-0.4, -0.2) is 40.5 Å². The van der Waals surface area contributed by atoms with Crippen LogP contribution in [0.2, 0.25) is 0 Å². The summed E-state index contributed by atoms with van der Waals surface area (Å²) in [6, 6.07) is 6.10. The lowest BCUT2D eigenvalue weighted by atomic mass is 10.2. The van der Waals surface area contributed by atoms with Crippen LogP contribution in [0.15, 0.2) is 46.2 Å². The van der Waals surface area contributed by atoms with Crippen molar-refractivity contribution in [3.8, 4) is 11.3 Å². The zero-order valence-corrected chi connectivity index (χ0v) is 13.3. The molecule has 7 nitrogen and oxygen atoms in total. The number of nitrogens with one attached hydrogen (secondary N) is 2. The first kappa shape index (κ1) is 15.5. The van der Waals surface area contributed by atoms with Crippen LogP contribution in [0, 0.1) is 5.82 Å². The van der Waals surface area contributed by atoms with E-state index in [2.05, 4.69) is 20.2 Å². The molecule has 128 valence electrons. The maximum absolute atomic E-state index is 13.5. The lowest BCUT2D eigenvalue weighted by molar-refractivity contribution is 0.588. The number of fused-ring (bicyclic) bond motifs is 1. The highest BCUT2D eigenvalue weighted by atomic mass is 19.1. The van der Waals surface area contributed by atoms with Crippen LogP contribution in [0.1, 0.15) is 0 Å². The molecule has 3 aromatic heterocycles. The molecule has 25 heavy (non-hydrogen) atoms. The molecule has 0 spiro atoms. The van der Waals surface area contributed by atoms with Crippen molar-refractivity contribution in [2.75, 3.05) is 31.1 Å². The minimum atomic E-state index is -0.909. The van der Waals surface area contributed by atoms with Crippen molar-refractivity contribution < 1.29 is 4.39 Å². The summed E-state index contributed by atoms with van der Waals surface area (Å²) in [5.41, 5.74) is 1.03. The molecule has 0 amide bonds. The minimum Gasteiger partial charge on any atom is -0.368 e. The summed E-state index contributed by atoms with van der Waals surface area (Å²) in [6.07, 6.45) is 3.12. The summed E-state index contributed by atoms with van der Waals surface area (Å²) < 4.78 is 14.9. The maximum Gasteiger partial charge on any atom is 0.283 e. The van der Waals surface area contributed by atoms with E-state index >= 15 is 0 Å².